The Kier molecular flexibility index (Phi) is 5.29. The van der Waals surface area contributed by atoms with E-state index in [0.717, 1.165) is 0 Å². The first kappa shape index (κ1) is 13.3. The van der Waals surface area contributed by atoms with Gasteiger partial charge in [0.1, 0.15) is 5.84 Å². The molecule has 0 bridgehead atoms. The molecule has 1 aromatic carbocycles. The van der Waals surface area contributed by atoms with Gasteiger partial charge < -0.3 is 16.3 Å². The third-order valence-electron chi connectivity index (χ3n) is 2.13. The molecule has 0 saturated carbocycles. The maximum absolute atomic E-state index is 11.6. The van der Waals surface area contributed by atoms with Crippen LogP contribution >= 0.6 is 11.6 Å². The van der Waals surface area contributed by atoms with Crippen molar-refractivity contribution in [3.8, 4) is 0 Å². The van der Waals surface area contributed by atoms with Crippen molar-refractivity contribution in [1.82, 2.24) is 5.32 Å². The van der Waals surface area contributed by atoms with E-state index in [2.05, 4.69) is 10.5 Å². The first-order valence-corrected chi connectivity index (χ1v) is 5.51. The van der Waals surface area contributed by atoms with Gasteiger partial charge >= 0.3 is 0 Å². The summed E-state index contributed by atoms with van der Waals surface area (Å²) in [5.41, 5.74) is 5.84. The van der Waals surface area contributed by atoms with Gasteiger partial charge in [0.2, 0.25) is 0 Å². The highest BCUT2D eigenvalue weighted by Gasteiger charge is 2.04. The Hall–Kier alpha value is -1.75. The van der Waals surface area contributed by atoms with Crippen LogP contribution in [0.1, 0.15) is 23.2 Å². The molecule has 0 aliphatic carbocycles. The molecule has 0 fully saturated rings. The van der Waals surface area contributed by atoms with E-state index in [1.54, 1.807) is 24.3 Å². The Balaban J connectivity index is 2.33. The third kappa shape index (κ3) is 4.74. The van der Waals surface area contributed by atoms with Crippen LogP contribution in [-0.2, 0) is 0 Å². The summed E-state index contributed by atoms with van der Waals surface area (Å²) in [6.45, 7) is 0.470. The molecule has 0 aromatic heterocycles. The molecule has 0 aliphatic heterocycles. The summed E-state index contributed by atoms with van der Waals surface area (Å²) in [5.74, 6) is -0.00748. The van der Waals surface area contributed by atoms with E-state index in [1.807, 2.05) is 0 Å². The van der Waals surface area contributed by atoms with Gasteiger partial charge in [0.05, 0.1) is 0 Å². The van der Waals surface area contributed by atoms with Gasteiger partial charge in [0, 0.05) is 23.6 Å². The van der Waals surface area contributed by atoms with E-state index < -0.39 is 0 Å². The minimum atomic E-state index is -0.166. The predicted octanol–water partition coefficient (Wildman–Crippen LogP) is 1.60. The molecule has 0 atom stereocenters. The molecule has 0 unspecified atom stereocenters. The lowest BCUT2D eigenvalue weighted by Gasteiger charge is -2.04. The van der Waals surface area contributed by atoms with Crippen LogP contribution in [0.2, 0.25) is 5.02 Å². The van der Waals surface area contributed by atoms with Gasteiger partial charge in [-0.25, -0.2) is 0 Å². The number of amides is 1. The minimum absolute atomic E-state index is 0.158. The molecule has 0 heterocycles. The number of rotatable bonds is 5. The topological polar surface area (TPSA) is 87.7 Å². The average Bonchev–Trinajstić information content (AvgIpc) is 2.34. The summed E-state index contributed by atoms with van der Waals surface area (Å²) in [4.78, 5) is 11.6. The van der Waals surface area contributed by atoms with Crippen LogP contribution in [0.5, 0.6) is 0 Å². The Morgan fingerprint density at radius 3 is 2.65 bits per heavy atom. The lowest BCUT2D eigenvalue weighted by molar-refractivity contribution is 0.0953. The van der Waals surface area contributed by atoms with E-state index >= 15 is 0 Å². The van der Waals surface area contributed by atoms with E-state index in [0.29, 0.717) is 30.0 Å². The van der Waals surface area contributed by atoms with Crippen LogP contribution in [0, 0.1) is 0 Å². The summed E-state index contributed by atoms with van der Waals surface area (Å²) in [5, 5.41) is 14.5. The van der Waals surface area contributed by atoms with Gasteiger partial charge in [-0.1, -0.05) is 16.8 Å². The van der Waals surface area contributed by atoms with Crippen LogP contribution in [0.15, 0.2) is 29.4 Å². The Morgan fingerprint density at radius 1 is 1.41 bits per heavy atom. The fourth-order valence-electron chi connectivity index (χ4n) is 1.22. The molecule has 5 nitrogen and oxygen atoms in total. The van der Waals surface area contributed by atoms with Gasteiger partial charge in [0.25, 0.3) is 5.91 Å². The van der Waals surface area contributed by atoms with E-state index in [-0.39, 0.29) is 11.7 Å². The number of halogens is 1. The van der Waals surface area contributed by atoms with Crippen molar-refractivity contribution in [2.45, 2.75) is 12.8 Å². The van der Waals surface area contributed by atoms with Crippen molar-refractivity contribution in [2.75, 3.05) is 6.54 Å². The highest BCUT2D eigenvalue weighted by atomic mass is 35.5. The molecular weight excluding hydrogens is 242 g/mol. The SMILES string of the molecule is NC(CCCNC(=O)c1ccc(Cl)cc1)=NO. The molecule has 6 heteroatoms. The zero-order valence-electron chi connectivity index (χ0n) is 9.19. The highest BCUT2D eigenvalue weighted by molar-refractivity contribution is 6.30. The number of oxime groups is 1. The second kappa shape index (κ2) is 6.75. The molecule has 1 amide bonds. The van der Waals surface area contributed by atoms with E-state index in [9.17, 15) is 4.79 Å². The molecule has 0 aliphatic rings. The normalized spacial score (nSPS) is 11.2. The number of nitrogens with one attached hydrogen (secondary N) is 1. The van der Waals surface area contributed by atoms with Crippen molar-refractivity contribution in [2.24, 2.45) is 10.9 Å². The fourth-order valence-corrected chi connectivity index (χ4v) is 1.35. The number of hydrogen-bond acceptors (Lipinski definition) is 3. The molecule has 17 heavy (non-hydrogen) atoms. The van der Waals surface area contributed by atoms with Gasteiger partial charge in [-0.05, 0) is 30.7 Å². The van der Waals surface area contributed by atoms with Crippen LogP contribution in [0.4, 0.5) is 0 Å². The van der Waals surface area contributed by atoms with Crippen LogP contribution in [0.3, 0.4) is 0 Å². The Morgan fingerprint density at radius 2 is 2.06 bits per heavy atom. The molecule has 1 rings (SSSR count). The van der Waals surface area contributed by atoms with Gasteiger partial charge in [0.15, 0.2) is 0 Å². The van der Waals surface area contributed by atoms with Crippen molar-refractivity contribution < 1.29 is 10.0 Å². The second-order valence-corrected chi connectivity index (χ2v) is 3.89. The van der Waals surface area contributed by atoms with Crippen molar-refractivity contribution in [3.63, 3.8) is 0 Å². The summed E-state index contributed by atoms with van der Waals surface area (Å²) in [7, 11) is 0. The zero-order valence-corrected chi connectivity index (χ0v) is 9.94. The van der Waals surface area contributed by atoms with Crippen LogP contribution < -0.4 is 11.1 Å². The predicted molar refractivity (Wildman–Crippen MR) is 66.4 cm³/mol. The number of benzene rings is 1. The first-order valence-electron chi connectivity index (χ1n) is 5.13. The second-order valence-electron chi connectivity index (χ2n) is 3.46. The van der Waals surface area contributed by atoms with Gasteiger partial charge in [-0.15, -0.1) is 0 Å². The Labute approximate surface area is 104 Å². The monoisotopic (exact) mass is 255 g/mol. The van der Waals surface area contributed by atoms with Crippen LogP contribution in [-0.4, -0.2) is 23.5 Å². The maximum Gasteiger partial charge on any atom is 0.251 e. The molecule has 0 radical (unpaired) electrons. The number of carbonyl (C=O) groups is 1. The maximum atomic E-state index is 11.6. The zero-order chi connectivity index (χ0) is 12.7. The molecule has 0 spiro atoms. The van der Waals surface area contributed by atoms with E-state index in [4.69, 9.17) is 22.5 Å². The fraction of sp³-hybridized carbons (Fsp3) is 0.273. The number of nitrogens with zero attached hydrogens (tertiary/aromatic N) is 1. The third-order valence-corrected chi connectivity index (χ3v) is 2.38. The number of hydrogen-bond donors (Lipinski definition) is 3. The van der Waals surface area contributed by atoms with Crippen molar-refractivity contribution in [3.05, 3.63) is 34.9 Å². The number of amidine groups is 1. The largest absolute Gasteiger partial charge is 0.409 e. The quantitative estimate of drug-likeness (QED) is 0.245. The minimum Gasteiger partial charge on any atom is -0.409 e. The summed E-state index contributed by atoms with van der Waals surface area (Å²) in [6.07, 6.45) is 1.06. The number of carbonyl (C=O) groups excluding carboxylic acids is 1. The van der Waals surface area contributed by atoms with E-state index in [1.165, 1.54) is 0 Å². The lowest BCUT2D eigenvalue weighted by atomic mass is 10.2. The molecular formula is C11H14ClN3O2. The highest BCUT2D eigenvalue weighted by Crippen LogP contribution is 2.09. The Bertz CT molecular complexity index is 404. The lowest BCUT2D eigenvalue weighted by Crippen LogP contribution is -2.25. The first-order chi connectivity index (χ1) is 8.13. The standard InChI is InChI=1S/C11H14ClN3O2/c12-9-5-3-8(4-6-9)11(16)14-7-1-2-10(13)15-17/h3-6,17H,1-2,7H2,(H2,13,15)(H,14,16). The molecule has 4 N–H and O–H groups in total. The molecule has 92 valence electrons. The van der Waals surface area contributed by atoms with Crippen LogP contribution in [0.25, 0.3) is 0 Å². The van der Waals surface area contributed by atoms with Crippen molar-refractivity contribution in [1.29, 1.82) is 0 Å². The van der Waals surface area contributed by atoms with Gasteiger partial charge in [-0.3, -0.25) is 4.79 Å². The number of nitrogens with two attached hydrogens (primary N) is 1. The van der Waals surface area contributed by atoms with Crippen molar-refractivity contribution >= 4 is 23.3 Å². The smallest absolute Gasteiger partial charge is 0.251 e. The summed E-state index contributed by atoms with van der Waals surface area (Å²) >= 11 is 5.71. The van der Waals surface area contributed by atoms with Gasteiger partial charge in [-0.2, -0.15) is 0 Å². The molecule has 1 aromatic rings. The average molecular weight is 256 g/mol. The summed E-state index contributed by atoms with van der Waals surface area (Å²) < 4.78 is 0. The molecule has 0 saturated heterocycles. The summed E-state index contributed by atoms with van der Waals surface area (Å²) in [6, 6.07) is 6.63.